The predicted molar refractivity (Wildman–Crippen MR) is 135 cm³/mol. The zero-order valence-electron chi connectivity index (χ0n) is 18.8. The molecule has 2 aromatic rings. The first kappa shape index (κ1) is 27.6. The van der Waals surface area contributed by atoms with E-state index in [1.807, 2.05) is 0 Å². The van der Waals surface area contributed by atoms with Gasteiger partial charge in [0.25, 0.3) is 0 Å². The van der Waals surface area contributed by atoms with E-state index in [-0.39, 0.29) is 24.8 Å². The first-order chi connectivity index (χ1) is 14.3. The summed E-state index contributed by atoms with van der Waals surface area (Å²) in [5.74, 6) is 2.29. The lowest BCUT2D eigenvalue weighted by atomic mass is 9.77. The molecule has 3 rings (SSSR count). The molecule has 0 saturated heterocycles. The maximum atomic E-state index is 5.43. The summed E-state index contributed by atoms with van der Waals surface area (Å²) in [6.45, 7) is 4.37. The summed E-state index contributed by atoms with van der Waals surface area (Å²) in [6.07, 6.45) is 7.40. The van der Waals surface area contributed by atoms with Gasteiger partial charge in [-0.1, -0.05) is 43.2 Å². The second-order valence-corrected chi connectivity index (χ2v) is 7.91. The van der Waals surface area contributed by atoms with E-state index < -0.39 is 0 Å². The van der Waals surface area contributed by atoms with E-state index >= 15 is 0 Å². The quantitative estimate of drug-likeness (QED) is 0.375. The van der Waals surface area contributed by atoms with Crippen molar-refractivity contribution in [3.8, 4) is 11.5 Å². The summed E-state index contributed by atoms with van der Waals surface area (Å²) in [7, 11) is 3.40. The van der Waals surface area contributed by atoms with Crippen LogP contribution in [-0.2, 0) is 12.8 Å². The Morgan fingerprint density at radius 1 is 0.806 bits per heavy atom. The Kier molecular flexibility index (Phi) is 13.7. The van der Waals surface area contributed by atoms with E-state index in [0.717, 1.165) is 50.5 Å². The summed E-state index contributed by atoms with van der Waals surface area (Å²) in [5, 5.41) is 7.19. The van der Waals surface area contributed by atoms with Crippen LogP contribution in [0.4, 0.5) is 0 Å². The Hall–Kier alpha value is -1.46. The lowest BCUT2D eigenvalue weighted by molar-refractivity contribution is 0.351. The average Bonchev–Trinajstić information content (AvgIpc) is 2.75. The van der Waals surface area contributed by atoms with Crippen molar-refractivity contribution in [2.45, 2.75) is 44.4 Å². The van der Waals surface area contributed by atoms with Crippen LogP contribution in [0.5, 0.6) is 11.5 Å². The number of halogens is 2. The van der Waals surface area contributed by atoms with Crippen molar-refractivity contribution in [1.82, 2.24) is 10.6 Å². The fourth-order valence-electron chi connectivity index (χ4n) is 4.05. The number of nitrogens with one attached hydrogen (secondary N) is 2. The van der Waals surface area contributed by atoms with Gasteiger partial charge in [-0.05, 0) is 74.1 Å². The third-order valence-corrected chi connectivity index (χ3v) is 5.83. The van der Waals surface area contributed by atoms with Crippen molar-refractivity contribution >= 4 is 24.8 Å². The maximum absolute atomic E-state index is 5.43. The molecule has 6 heteroatoms. The summed E-state index contributed by atoms with van der Waals surface area (Å²) >= 11 is 0. The van der Waals surface area contributed by atoms with Crippen molar-refractivity contribution in [2.24, 2.45) is 0 Å². The first-order valence-electron chi connectivity index (χ1n) is 11.0. The highest BCUT2D eigenvalue weighted by molar-refractivity contribution is 5.85. The van der Waals surface area contributed by atoms with Crippen LogP contribution in [-0.4, -0.2) is 40.4 Å². The van der Waals surface area contributed by atoms with Gasteiger partial charge in [0.1, 0.15) is 0 Å². The molecule has 0 amide bonds. The molecule has 0 aromatic heterocycles. The molecule has 2 N–H and O–H groups in total. The molecule has 1 aliphatic carbocycles. The fraction of sp³-hybridized carbons (Fsp3) is 0.520. The zero-order chi connectivity index (χ0) is 20.3. The van der Waals surface area contributed by atoms with Gasteiger partial charge in [0.05, 0.1) is 14.2 Å². The van der Waals surface area contributed by atoms with Crippen LogP contribution in [0.15, 0.2) is 42.5 Å². The van der Waals surface area contributed by atoms with Crippen molar-refractivity contribution < 1.29 is 9.47 Å². The maximum Gasteiger partial charge on any atom is 0.161 e. The van der Waals surface area contributed by atoms with Crippen LogP contribution in [0.3, 0.4) is 0 Å². The van der Waals surface area contributed by atoms with E-state index in [9.17, 15) is 0 Å². The van der Waals surface area contributed by atoms with Crippen LogP contribution in [0, 0.1) is 0 Å². The van der Waals surface area contributed by atoms with Crippen LogP contribution in [0.25, 0.3) is 0 Å². The van der Waals surface area contributed by atoms with Gasteiger partial charge in [-0.25, -0.2) is 0 Å². The molecule has 0 aliphatic heterocycles. The van der Waals surface area contributed by atoms with Crippen molar-refractivity contribution in [3.05, 3.63) is 59.2 Å². The molecule has 1 atom stereocenters. The minimum atomic E-state index is 0. The first-order valence-corrected chi connectivity index (χ1v) is 11.0. The van der Waals surface area contributed by atoms with E-state index in [0.29, 0.717) is 5.92 Å². The topological polar surface area (TPSA) is 42.5 Å². The number of methoxy groups -OCH3 is 2. The minimum absolute atomic E-state index is 0. The van der Waals surface area contributed by atoms with Crippen LogP contribution >= 0.6 is 24.8 Å². The Morgan fingerprint density at radius 2 is 1.45 bits per heavy atom. The second-order valence-electron chi connectivity index (χ2n) is 7.91. The average molecular weight is 469 g/mol. The van der Waals surface area contributed by atoms with Crippen LogP contribution in [0.2, 0.25) is 0 Å². The van der Waals surface area contributed by atoms with Gasteiger partial charge in [0.15, 0.2) is 11.5 Å². The molecule has 174 valence electrons. The number of hydrogen-bond acceptors (Lipinski definition) is 4. The summed E-state index contributed by atoms with van der Waals surface area (Å²) in [5.41, 5.74) is 4.23. The van der Waals surface area contributed by atoms with Gasteiger partial charge in [-0.3, -0.25) is 0 Å². The standard InChI is InChI=1S/C25H36N2O2.2ClH/c1-28-24-17-21-16-22(23(21)18-25(24)29-2)19-27-14-9-4-3-8-13-26-15-12-20-10-6-5-7-11-20;;/h5-7,10-11,17-18,22,26-27H,3-4,8-9,12-16,19H2,1-2H3;2*1H. The zero-order valence-corrected chi connectivity index (χ0v) is 20.5. The normalized spacial score (nSPS) is 13.9. The van der Waals surface area contributed by atoms with E-state index in [2.05, 4.69) is 53.1 Å². The molecule has 1 aliphatic rings. The van der Waals surface area contributed by atoms with Gasteiger partial charge in [-0.2, -0.15) is 0 Å². The smallest absolute Gasteiger partial charge is 0.161 e. The Morgan fingerprint density at radius 3 is 2.13 bits per heavy atom. The predicted octanol–water partition coefficient (Wildman–Crippen LogP) is 5.17. The van der Waals surface area contributed by atoms with Gasteiger partial charge in [0, 0.05) is 12.5 Å². The molecule has 0 radical (unpaired) electrons. The highest BCUT2D eigenvalue weighted by atomic mass is 35.5. The number of ether oxygens (including phenoxy) is 2. The van der Waals surface area contributed by atoms with E-state index in [1.165, 1.54) is 42.4 Å². The third-order valence-electron chi connectivity index (χ3n) is 5.83. The van der Waals surface area contributed by atoms with E-state index in [4.69, 9.17) is 9.47 Å². The molecule has 0 bridgehead atoms. The van der Waals surface area contributed by atoms with Gasteiger partial charge in [-0.15, -0.1) is 24.8 Å². The lowest BCUT2D eigenvalue weighted by Crippen LogP contribution is -2.29. The van der Waals surface area contributed by atoms with Crippen LogP contribution < -0.4 is 20.1 Å². The van der Waals surface area contributed by atoms with Gasteiger partial charge < -0.3 is 20.1 Å². The van der Waals surface area contributed by atoms with E-state index in [1.54, 1.807) is 14.2 Å². The molecule has 0 fully saturated rings. The number of hydrogen-bond donors (Lipinski definition) is 2. The van der Waals surface area contributed by atoms with Crippen LogP contribution in [0.1, 0.15) is 48.3 Å². The van der Waals surface area contributed by atoms with Gasteiger partial charge >= 0.3 is 0 Å². The van der Waals surface area contributed by atoms with Crippen molar-refractivity contribution in [2.75, 3.05) is 40.4 Å². The molecule has 31 heavy (non-hydrogen) atoms. The fourth-order valence-corrected chi connectivity index (χ4v) is 4.05. The SMILES string of the molecule is COc1cc2c(cc1OC)C(CNCCCCCCNCCc1ccccc1)C2.Cl.Cl. The molecule has 2 aromatic carbocycles. The monoisotopic (exact) mass is 468 g/mol. The van der Waals surface area contributed by atoms with Crippen molar-refractivity contribution in [1.29, 1.82) is 0 Å². The number of rotatable bonds is 14. The molecule has 0 heterocycles. The molecule has 0 saturated carbocycles. The molecule has 4 nitrogen and oxygen atoms in total. The highest BCUT2D eigenvalue weighted by Crippen LogP contribution is 2.41. The summed E-state index contributed by atoms with van der Waals surface area (Å²) in [6, 6.07) is 15.0. The Balaban J connectivity index is 0.00000240. The highest BCUT2D eigenvalue weighted by Gasteiger charge is 2.27. The molecular formula is C25H38Cl2N2O2. The Labute approximate surface area is 200 Å². The largest absolute Gasteiger partial charge is 0.493 e. The summed E-state index contributed by atoms with van der Waals surface area (Å²) < 4.78 is 10.8. The van der Waals surface area contributed by atoms with Crippen molar-refractivity contribution in [3.63, 3.8) is 0 Å². The Bertz CT molecular complexity index is 744. The number of benzene rings is 2. The second kappa shape index (κ2) is 15.4. The third kappa shape index (κ3) is 8.53. The molecule has 1 unspecified atom stereocenters. The number of unbranched alkanes of at least 4 members (excludes halogenated alkanes) is 3. The lowest BCUT2D eigenvalue weighted by Gasteiger charge is -2.31. The summed E-state index contributed by atoms with van der Waals surface area (Å²) in [4.78, 5) is 0. The number of fused-ring (bicyclic) bond motifs is 1. The molecule has 0 spiro atoms. The van der Waals surface area contributed by atoms with Gasteiger partial charge in [0.2, 0.25) is 0 Å². The minimum Gasteiger partial charge on any atom is -0.493 e. The molecular weight excluding hydrogens is 431 g/mol.